The Morgan fingerprint density at radius 3 is 2.89 bits per heavy atom. The molecule has 148 valence electrons. The minimum Gasteiger partial charge on any atom is -0.396 e. The number of nitrogens with one attached hydrogen (secondary N) is 1. The summed E-state index contributed by atoms with van der Waals surface area (Å²) in [6.07, 6.45) is 3.18. The minimum absolute atomic E-state index is 0.00778. The molecule has 3 aliphatic rings. The second-order valence-corrected chi connectivity index (χ2v) is 9.74. The van der Waals surface area contributed by atoms with Crippen LogP contribution < -0.4 is 5.32 Å². The molecule has 4 rings (SSSR count). The van der Waals surface area contributed by atoms with Crippen LogP contribution in [0, 0.1) is 22.7 Å². The van der Waals surface area contributed by atoms with E-state index in [0.29, 0.717) is 28.5 Å². The second-order valence-electron chi connectivity index (χ2n) is 8.96. The summed E-state index contributed by atoms with van der Waals surface area (Å²) in [6, 6.07) is 5.81. The standard InChI is InChI=1S/C21H27Cl2NO3/c1-20(2)12-10-14-18(13-4-3-5-15(22)17(13)23)27-9-7-21(14,11-12)19(20)24-16(26)6-8-25/h3-5,12,14,18-19,25H,6-11H2,1-2H3,(H,24,26)/t12-,14-,18-,19+,21-/m1/s1. The first-order valence-electron chi connectivity index (χ1n) is 9.77. The summed E-state index contributed by atoms with van der Waals surface area (Å²) in [5.41, 5.74) is 0.995. The number of fused-ring (bicyclic) bond motifs is 1. The van der Waals surface area contributed by atoms with Crippen LogP contribution in [0.4, 0.5) is 0 Å². The van der Waals surface area contributed by atoms with Gasteiger partial charge >= 0.3 is 0 Å². The molecule has 1 heterocycles. The molecule has 4 nitrogen and oxygen atoms in total. The zero-order valence-electron chi connectivity index (χ0n) is 15.8. The molecule has 1 aromatic carbocycles. The third-order valence-electron chi connectivity index (χ3n) is 7.44. The van der Waals surface area contributed by atoms with Crippen LogP contribution in [0.25, 0.3) is 0 Å². The van der Waals surface area contributed by atoms with Crippen molar-refractivity contribution in [2.75, 3.05) is 13.2 Å². The van der Waals surface area contributed by atoms with Crippen molar-refractivity contribution in [2.24, 2.45) is 22.7 Å². The molecule has 6 heteroatoms. The molecule has 1 saturated heterocycles. The molecular weight excluding hydrogens is 385 g/mol. The van der Waals surface area contributed by atoms with Gasteiger partial charge in [-0.3, -0.25) is 4.79 Å². The first-order valence-corrected chi connectivity index (χ1v) is 10.5. The van der Waals surface area contributed by atoms with Crippen LogP contribution in [0.1, 0.15) is 51.2 Å². The summed E-state index contributed by atoms with van der Waals surface area (Å²) in [7, 11) is 0. The number of carbonyl (C=O) groups excluding carboxylic acids is 1. The second kappa shape index (κ2) is 6.91. The van der Waals surface area contributed by atoms with E-state index in [0.717, 1.165) is 24.8 Å². The maximum absolute atomic E-state index is 12.3. The van der Waals surface area contributed by atoms with Gasteiger partial charge in [0.15, 0.2) is 0 Å². The van der Waals surface area contributed by atoms with E-state index in [1.54, 1.807) is 6.07 Å². The average molecular weight is 412 g/mol. The van der Waals surface area contributed by atoms with Gasteiger partial charge in [0, 0.05) is 24.6 Å². The number of amides is 1. The van der Waals surface area contributed by atoms with Gasteiger partial charge in [-0.15, -0.1) is 0 Å². The summed E-state index contributed by atoms with van der Waals surface area (Å²) in [6.45, 7) is 5.06. The van der Waals surface area contributed by atoms with Crippen molar-refractivity contribution >= 4 is 29.1 Å². The van der Waals surface area contributed by atoms with E-state index in [1.165, 1.54) is 0 Å². The molecule has 0 unspecified atom stereocenters. The fourth-order valence-corrected chi connectivity index (χ4v) is 6.59. The topological polar surface area (TPSA) is 58.6 Å². The predicted octanol–water partition coefficient (Wildman–Crippen LogP) is 4.37. The van der Waals surface area contributed by atoms with Crippen molar-refractivity contribution in [1.82, 2.24) is 5.32 Å². The molecular formula is C21H27Cl2NO3. The maximum atomic E-state index is 12.3. The van der Waals surface area contributed by atoms with E-state index in [2.05, 4.69) is 19.2 Å². The van der Waals surface area contributed by atoms with Crippen LogP contribution in [0.3, 0.4) is 0 Å². The lowest BCUT2D eigenvalue weighted by molar-refractivity contribution is -0.137. The van der Waals surface area contributed by atoms with Crippen molar-refractivity contribution in [2.45, 2.75) is 51.7 Å². The molecule has 1 aliphatic heterocycles. The Hall–Kier alpha value is -0.810. The third-order valence-corrected chi connectivity index (χ3v) is 8.27. The van der Waals surface area contributed by atoms with Crippen molar-refractivity contribution in [1.29, 1.82) is 0 Å². The van der Waals surface area contributed by atoms with Gasteiger partial charge in [-0.25, -0.2) is 0 Å². The van der Waals surface area contributed by atoms with Gasteiger partial charge in [0.05, 0.1) is 22.8 Å². The van der Waals surface area contributed by atoms with Gasteiger partial charge < -0.3 is 15.2 Å². The molecule has 2 N–H and O–H groups in total. The summed E-state index contributed by atoms with van der Waals surface area (Å²) in [4.78, 5) is 12.3. The summed E-state index contributed by atoms with van der Waals surface area (Å²) >= 11 is 12.8. The normalized spacial score (nSPS) is 36.5. The van der Waals surface area contributed by atoms with Crippen LogP contribution in [0.2, 0.25) is 10.0 Å². The lowest BCUT2D eigenvalue weighted by Gasteiger charge is -2.53. The van der Waals surface area contributed by atoms with Gasteiger partial charge in [0.2, 0.25) is 5.91 Å². The van der Waals surface area contributed by atoms with Gasteiger partial charge in [-0.1, -0.05) is 49.2 Å². The molecule has 1 amide bonds. The van der Waals surface area contributed by atoms with Gasteiger partial charge in [0.1, 0.15) is 0 Å². The summed E-state index contributed by atoms with van der Waals surface area (Å²) < 4.78 is 6.23. The SMILES string of the molecule is CC1(C)[C@@H]2C[C@@H]3[C@@H](c4cccc(Cl)c4Cl)OCC[C@]3(C2)[C@H]1NC(=O)CCO. The number of carbonyl (C=O) groups is 1. The van der Waals surface area contributed by atoms with Crippen LogP contribution in [-0.4, -0.2) is 30.3 Å². The zero-order chi connectivity index (χ0) is 19.4. The van der Waals surface area contributed by atoms with Crippen molar-refractivity contribution in [3.05, 3.63) is 33.8 Å². The van der Waals surface area contributed by atoms with E-state index in [1.807, 2.05) is 12.1 Å². The molecule has 2 saturated carbocycles. The quantitative estimate of drug-likeness (QED) is 0.772. The molecule has 0 aromatic heterocycles. The summed E-state index contributed by atoms with van der Waals surface area (Å²) in [5.74, 6) is 0.767. The number of benzene rings is 1. The fourth-order valence-electron chi connectivity index (χ4n) is 6.17. The Bertz CT molecular complexity index is 753. The third kappa shape index (κ3) is 2.91. The van der Waals surface area contributed by atoms with E-state index in [4.69, 9.17) is 33.0 Å². The number of aliphatic hydroxyl groups is 1. The first-order chi connectivity index (χ1) is 12.8. The number of hydrogen-bond donors (Lipinski definition) is 2. The predicted molar refractivity (Wildman–Crippen MR) is 106 cm³/mol. The number of halogens is 2. The van der Waals surface area contributed by atoms with Crippen molar-refractivity contribution in [3.8, 4) is 0 Å². The lowest BCUT2D eigenvalue weighted by atomic mass is 9.59. The molecule has 1 aromatic rings. The molecule has 3 fully saturated rings. The highest BCUT2D eigenvalue weighted by Gasteiger charge is 2.68. The maximum Gasteiger partial charge on any atom is 0.222 e. The highest BCUT2D eigenvalue weighted by Crippen LogP contribution is 2.70. The number of hydrogen-bond acceptors (Lipinski definition) is 3. The molecule has 1 spiro atoms. The molecule has 2 bridgehead atoms. The van der Waals surface area contributed by atoms with Gasteiger partial charge in [-0.05, 0) is 48.0 Å². The highest BCUT2D eigenvalue weighted by atomic mass is 35.5. The zero-order valence-corrected chi connectivity index (χ0v) is 17.3. The van der Waals surface area contributed by atoms with Crippen LogP contribution in [-0.2, 0) is 9.53 Å². The first kappa shape index (κ1) is 19.5. The number of aliphatic hydroxyl groups excluding tert-OH is 1. The van der Waals surface area contributed by atoms with Crippen LogP contribution in [0.5, 0.6) is 0 Å². The molecule has 5 atom stereocenters. The number of rotatable bonds is 4. The van der Waals surface area contributed by atoms with Crippen molar-refractivity contribution in [3.63, 3.8) is 0 Å². The van der Waals surface area contributed by atoms with Crippen LogP contribution in [0.15, 0.2) is 18.2 Å². The van der Waals surface area contributed by atoms with E-state index in [-0.39, 0.29) is 41.9 Å². The summed E-state index contributed by atoms with van der Waals surface area (Å²) in [5, 5.41) is 13.5. The van der Waals surface area contributed by atoms with Gasteiger partial charge in [-0.2, -0.15) is 0 Å². The highest BCUT2D eigenvalue weighted by molar-refractivity contribution is 6.42. The molecule has 2 aliphatic carbocycles. The molecule has 0 radical (unpaired) electrons. The van der Waals surface area contributed by atoms with E-state index < -0.39 is 0 Å². The Kier molecular flexibility index (Phi) is 4.99. The van der Waals surface area contributed by atoms with Gasteiger partial charge in [0.25, 0.3) is 0 Å². The van der Waals surface area contributed by atoms with E-state index >= 15 is 0 Å². The Balaban J connectivity index is 1.70. The monoisotopic (exact) mass is 411 g/mol. The fraction of sp³-hybridized carbons (Fsp3) is 0.667. The molecule has 27 heavy (non-hydrogen) atoms. The Morgan fingerprint density at radius 2 is 2.15 bits per heavy atom. The smallest absolute Gasteiger partial charge is 0.222 e. The Labute approximate surface area is 170 Å². The Morgan fingerprint density at radius 1 is 1.37 bits per heavy atom. The lowest BCUT2D eigenvalue weighted by Crippen LogP contribution is -2.59. The van der Waals surface area contributed by atoms with Crippen molar-refractivity contribution < 1.29 is 14.6 Å². The largest absolute Gasteiger partial charge is 0.396 e. The number of ether oxygens (including phenoxy) is 1. The van der Waals surface area contributed by atoms with E-state index in [9.17, 15) is 4.79 Å². The minimum atomic E-state index is -0.122. The average Bonchev–Trinajstić information content (AvgIpc) is 3.11. The van der Waals surface area contributed by atoms with Crippen LogP contribution >= 0.6 is 23.2 Å².